The van der Waals surface area contributed by atoms with Gasteiger partial charge in [-0.1, -0.05) is 12.1 Å². The zero-order valence-electron chi connectivity index (χ0n) is 7.22. The molecule has 0 radical (unpaired) electrons. The summed E-state index contributed by atoms with van der Waals surface area (Å²) in [4.78, 5) is -0.905. The topological polar surface area (TPSA) is 23.8 Å². The number of nitrogens with zero attached hydrogens (tertiary/aromatic N) is 1. The van der Waals surface area contributed by atoms with E-state index < -0.39 is 4.87 Å². The first-order valence-corrected chi connectivity index (χ1v) is 4.26. The Kier molecular flexibility index (Phi) is 2.90. The number of alkyl halides is 1. The normalized spacial score (nSPS) is 14.6. The molecule has 0 aliphatic carbocycles. The van der Waals surface area contributed by atoms with Gasteiger partial charge in [-0.15, -0.1) is 11.6 Å². The highest BCUT2D eigenvalue weighted by molar-refractivity contribution is 6.25. The molecule has 3 heteroatoms. The standard InChI is InChI=1S/C10H9ClFN/c1-10(11,7-13)6-8-2-4-9(12)5-3-8/h2-5H,6H2,1H3. The van der Waals surface area contributed by atoms with Crippen LogP contribution in [0.3, 0.4) is 0 Å². The Balaban J connectivity index is 2.77. The van der Waals surface area contributed by atoms with Crippen molar-refractivity contribution in [1.29, 1.82) is 5.26 Å². The van der Waals surface area contributed by atoms with Crippen molar-refractivity contribution in [2.45, 2.75) is 18.2 Å². The van der Waals surface area contributed by atoms with Crippen LogP contribution in [0.4, 0.5) is 4.39 Å². The summed E-state index contributed by atoms with van der Waals surface area (Å²) in [6.45, 7) is 1.64. The number of hydrogen-bond donors (Lipinski definition) is 0. The molecule has 0 aliphatic heterocycles. The minimum atomic E-state index is -0.905. The first kappa shape index (κ1) is 10.0. The van der Waals surface area contributed by atoms with Crippen molar-refractivity contribution in [1.82, 2.24) is 0 Å². The molecule has 0 bridgehead atoms. The minimum Gasteiger partial charge on any atom is -0.207 e. The SMILES string of the molecule is CC(Cl)(C#N)Cc1ccc(F)cc1. The Labute approximate surface area is 81.8 Å². The van der Waals surface area contributed by atoms with E-state index in [9.17, 15) is 4.39 Å². The molecular formula is C10H9ClFN. The largest absolute Gasteiger partial charge is 0.207 e. The van der Waals surface area contributed by atoms with Gasteiger partial charge in [0, 0.05) is 6.42 Å². The summed E-state index contributed by atoms with van der Waals surface area (Å²) in [6, 6.07) is 7.96. The first-order valence-electron chi connectivity index (χ1n) is 3.88. The Bertz CT molecular complexity index is 324. The average Bonchev–Trinajstić information content (AvgIpc) is 2.09. The molecule has 1 unspecified atom stereocenters. The van der Waals surface area contributed by atoms with Gasteiger partial charge in [0.2, 0.25) is 0 Å². The van der Waals surface area contributed by atoms with Crippen LogP contribution in [0.1, 0.15) is 12.5 Å². The van der Waals surface area contributed by atoms with E-state index in [-0.39, 0.29) is 5.82 Å². The Morgan fingerprint density at radius 3 is 2.46 bits per heavy atom. The van der Waals surface area contributed by atoms with Gasteiger partial charge >= 0.3 is 0 Å². The summed E-state index contributed by atoms with van der Waals surface area (Å²) < 4.78 is 12.5. The summed E-state index contributed by atoms with van der Waals surface area (Å²) in [5.41, 5.74) is 0.862. The number of halogens is 2. The van der Waals surface area contributed by atoms with Crippen molar-refractivity contribution in [2.75, 3.05) is 0 Å². The second kappa shape index (κ2) is 3.76. The van der Waals surface area contributed by atoms with E-state index in [0.717, 1.165) is 5.56 Å². The number of benzene rings is 1. The first-order chi connectivity index (χ1) is 6.03. The number of rotatable bonds is 2. The fourth-order valence-corrected chi connectivity index (χ4v) is 1.18. The fraction of sp³-hybridized carbons (Fsp3) is 0.300. The lowest BCUT2D eigenvalue weighted by Crippen LogP contribution is -2.16. The average molecular weight is 198 g/mol. The van der Waals surface area contributed by atoms with E-state index in [1.54, 1.807) is 19.1 Å². The lowest BCUT2D eigenvalue weighted by molar-refractivity contribution is 0.626. The number of hydrogen-bond acceptors (Lipinski definition) is 1. The second-order valence-corrected chi connectivity index (χ2v) is 3.95. The van der Waals surface area contributed by atoms with Crippen LogP contribution in [0, 0.1) is 17.1 Å². The molecule has 0 spiro atoms. The van der Waals surface area contributed by atoms with Gasteiger partial charge in [0.05, 0.1) is 6.07 Å². The van der Waals surface area contributed by atoms with Crippen molar-refractivity contribution in [2.24, 2.45) is 0 Å². The second-order valence-electron chi connectivity index (χ2n) is 3.11. The van der Waals surface area contributed by atoms with E-state index in [4.69, 9.17) is 16.9 Å². The molecule has 1 rings (SSSR count). The maximum absolute atomic E-state index is 12.5. The van der Waals surface area contributed by atoms with Crippen LogP contribution in [-0.2, 0) is 6.42 Å². The van der Waals surface area contributed by atoms with Crippen molar-refractivity contribution in [3.05, 3.63) is 35.6 Å². The van der Waals surface area contributed by atoms with Crippen molar-refractivity contribution < 1.29 is 4.39 Å². The fourth-order valence-electron chi connectivity index (χ4n) is 1.03. The summed E-state index contributed by atoms with van der Waals surface area (Å²) in [6.07, 6.45) is 0.422. The van der Waals surface area contributed by atoms with Gasteiger partial charge in [0.15, 0.2) is 0 Å². The highest BCUT2D eigenvalue weighted by atomic mass is 35.5. The molecular weight excluding hydrogens is 189 g/mol. The Morgan fingerprint density at radius 1 is 1.46 bits per heavy atom. The van der Waals surface area contributed by atoms with Crippen molar-refractivity contribution in [3.8, 4) is 6.07 Å². The van der Waals surface area contributed by atoms with Crippen molar-refractivity contribution >= 4 is 11.6 Å². The quantitative estimate of drug-likeness (QED) is 0.669. The molecule has 13 heavy (non-hydrogen) atoms. The zero-order valence-corrected chi connectivity index (χ0v) is 7.98. The van der Waals surface area contributed by atoms with E-state index in [1.807, 2.05) is 6.07 Å². The maximum Gasteiger partial charge on any atom is 0.132 e. The third-order valence-electron chi connectivity index (χ3n) is 1.68. The van der Waals surface area contributed by atoms with Crippen LogP contribution in [0.25, 0.3) is 0 Å². The van der Waals surface area contributed by atoms with Crippen LogP contribution in [0.5, 0.6) is 0 Å². The summed E-state index contributed by atoms with van der Waals surface area (Å²) >= 11 is 5.84. The molecule has 0 aliphatic rings. The van der Waals surface area contributed by atoms with E-state index in [2.05, 4.69) is 0 Å². The predicted octanol–water partition coefficient (Wildman–Crippen LogP) is 2.89. The van der Waals surface area contributed by atoms with Crippen molar-refractivity contribution in [3.63, 3.8) is 0 Å². The highest BCUT2D eigenvalue weighted by Gasteiger charge is 2.19. The van der Waals surface area contributed by atoms with Gasteiger partial charge in [-0.2, -0.15) is 5.26 Å². The molecule has 0 heterocycles. The molecule has 0 amide bonds. The minimum absolute atomic E-state index is 0.281. The summed E-state index contributed by atoms with van der Waals surface area (Å²) in [5, 5.41) is 8.65. The molecule has 1 aromatic rings. The monoisotopic (exact) mass is 197 g/mol. The number of nitriles is 1. The summed E-state index contributed by atoms with van der Waals surface area (Å²) in [5.74, 6) is -0.281. The van der Waals surface area contributed by atoms with E-state index in [0.29, 0.717) is 6.42 Å². The molecule has 1 nitrogen and oxygen atoms in total. The van der Waals surface area contributed by atoms with Gasteiger partial charge in [0.1, 0.15) is 10.7 Å². The molecule has 0 saturated carbocycles. The molecule has 1 aromatic carbocycles. The third kappa shape index (κ3) is 3.04. The predicted molar refractivity (Wildman–Crippen MR) is 50.0 cm³/mol. The van der Waals surface area contributed by atoms with Crippen LogP contribution in [-0.4, -0.2) is 4.87 Å². The molecule has 0 saturated heterocycles. The molecule has 68 valence electrons. The lowest BCUT2D eigenvalue weighted by atomic mass is 10.0. The molecule has 0 fully saturated rings. The summed E-state index contributed by atoms with van der Waals surface area (Å²) in [7, 11) is 0. The van der Waals surface area contributed by atoms with Gasteiger partial charge in [-0.25, -0.2) is 4.39 Å². The lowest BCUT2D eigenvalue weighted by Gasteiger charge is -2.11. The Hall–Kier alpha value is -1.07. The van der Waals surface area contributed by atoms with Crippen LogP contribution >= 0.6 is 11.6 Å². The zero-order chi connectivity index (χ0) is 9.90. The van der Waals surface area contributed by atoms with E-state index in [1.165, 1.54) is 12.1 Å². The molecule has 1 atom stereocenters. The smallest absolute Gasteiger partial charge is 0.132 e. The van der Waals surface area contributed by atoms with E-state index >= 15 is 0 Å². The maximum atomic E-state index is 12.5. The van der Waals surface area contributed by atoms with Gasteiger partial charge in [0.25, 0.3) is 0 Å². The molecule has 0 aromatic heterocycles. The van der Waals surface area contributed by atoms with Gasteiger partial charge in [-0.05, 0) is 24.6 Å². The van der Waals surface area contributed by atoms with Gasteiger partial charge in [-0.3, -0.25) is 0 Å². The van der Waals surface area contributed by atoms with Crippen LogP contribution < -0.4 is 0 Å². The Morgan fingerprint density at radius 2 is 2.00 bits per heavy atom. The van der Waals surface area contributed by atoms with Crippen LogP contribution in [0.2, 0.25) is 0 Å². The third-order valence-corrected chi connectivity index (χ3v) is 1.90. The van der Waals surface area contributed by atoms with Crippen LogP contribution in [0.15, 0.2) is 24.3 Å². The molecule has 0 N–H and O–H groups in total. The highest BCUT2D eigenvalue weighted by Crippen LogP contribution is 2.19. The van der Waals surface area contributed by atoms with Gasteiger partial charge < -0.3 is 0 Å².